The van der Waals surface area contributed by atoms with Crippen LogP contribution in [0, 0.1) is 19.8 Å². The Bertz CT molecular complexity index is 1160. The van der Waals surface area contributed by atoms with Crippen LogP contribution >= 0.6 is 0 Å². The summed E-state index contributed by atoms with van der Waals surface area (Å²) < 4.78 is 11.4. The first-order valence-corrected chi connectivity index (χ1v) is 13.4. The van der Waals surface area contributed by atoms with Gasteiger partial charge in [-0.25, -0.2) is 4.79 Å². The lowest BCUT2D eigenvalue weighted by Crippen LogP contribution is -2.64. The van der Waals surface area contributed by atoms with Crippen LogP contribution in [0.25, 0.3) is 0 Å². The molecule has 2 aromatic rings. The number of rotatable bonds is 9. The van der Waals surface area contributed by atoms with Gasteiger partial charge in [0.05, 0.1) is 24.7 Å². The number of amides is 4. The Labute approximate surface area is 225 Å². The predicted octanol–water partition coefficient (Wildman–Crippen LogP) is 4.22. The Morgan fingerprint density at radius 2 is 1.66 bits per heavy atom. The van der Waals surface area contributed by atoms with Crippen LogP contribution in [-0.2, 0) is 27.4 Å². The number of urea groups is 1. The van der Waals surface area contributed by atoms with E-state index in [1.807, 2.05) is 37.8 Å². The normalized spacial score (nSPS) is 23.4. The standard InChI is InChI=1S/C30H39N3O5/c1-6-13-31-28(34)22-11-9-21(10-12-22)17-33-29(35)24-15-26(37-4)27(38-5)16-25(24)32(30(33)36)18-23-14-19(2)7-8-20(23)3/h7-12,14,24-27H,6,13,15-18H2,1-5H3,(H,31,34). The molecule has 0 spiro atoms. The number of nitrogens with one attached hydrogen (secondary N) is 1. The minimum Gasteiger partial charge on any atom is -0.379 e. The summed E-state index contributed by atoms with van der Waals surface area (Å²) in [6, 6.07) is 12.8. The SMILES string of the molecule is CCCNC(=O)c1ccc(CN2C(=O)C3CC(OC)C(OC)CC3N(Cc3cc(C)ccc3C)C2=O)cc1. The molecule has 4 amide bonds. The lowest BCUT2D eigenvalue weighted by atomic mass is 9.77. The minimum atomic E-state index is -0.381. The molecule has 0 radical (unpaired) electrons. The molecule has 1 saturated carbocycles. The van der Waals surface area contributed by atoms with Crippen LogP contribution in [0.1, 0.15) is 58.8 Å². The molecule has 4 unspecified atom stereocenters. The first-order valence-electron chi connectivity index (χ1n) is 13.4. The second kappa shape index (κ2) is 12.1. The van der Waals surface area contributed by atoms with Crippen molar-refractivity contribution in [1.29, 1.82) is 0 Å². The largest absolute Gasteiger partial charge is 0.379 e. The van der Waals surface area contributed by atoms with Crippen molar-refractivity contribution in [2.75, 3.05) is 20.8 Å². The molecule has 4 atom stereocenters. The van der Waals surface area contributed by atoms with E-state index in [0.717, 1.165) is 28.7 Å². The van der Waals surface area contributed by atoms with Gasteiger partial charge >= 0.3 is 6.03 Å². The van der Waals surface area contributed by atoms with Gasteiger partial charge < -0.3 is 19.7 Å². The van der Waals surface area contributed by atoms with Crippen LogP contribution in [-0.4, -0.2) is 66.7 Å². The second-order valence-electron chi connectivity index (χ2n) is 10.4. The third kappa shape index (κ3) is 5.76. The summed E-state index contributed by atoms with van der Waals surface area (Å²) in [4.78, 5) is 43.2. The van der Waals surface area contributed by atoms with E-state index in [1.54, 1.807) is 26.4 Å². The Hall–Kier alpha value is -3.23. The maximum Gasteiger partial charge on any atom is 0.327 e. The zero-order valence-electron chi connectivity index (χ0n) is 23.0. The molecule has 38 heavy (non-hydrogen) atoms. The van der Waals surface area contributed by atoms with Gasteiger partial charge in [-0.2, -0.15) is 0 Å². The lowest BCUT2D eigenvalue weighted by molar-refractivity contribution is -0.152. The summed E-state index contributed by atoms with van der Waals surface area (Å²) in [5.74, 6) is -0.696. The van der Waals surface area contributed by atoms with Crippen molar-refractivity contribution in [3.8, 4) is 0 Å². The Morgan fingerprint density at radius 1 is 0.974 bits per heavy atom. The van der Waals surface area contributed by atoms with E-state index in [4.69, 9.17) is 9.47 Å². The number of ether oxygens (including phenoxy) is 2. The minimum absolute atomic E-state index is 0.133. The number of hydrogen-bond donors (Lipinski definition) is 1. The number of methoxy groups -OCH3 is 2. The molecule has 1 heterocycles. The van der Waals surface area contributed by atoms with Crippen molar-refractivity contribution in [3.63, 3.8) is 0 Å². The molecule has 1 saturated heterocycles. The number of benzene rings is 2. The third-order valence-corrected chi connectivity index (χ3v) is 7.84. The molecule has 1 aliphatic carbocycles. The highest BCUT2D eigenvalue weighted by Crippen LogP contribution is 2.38. The highest BCUT2D eigenvalue weighted by molar-refractivity contribution is 5.99. The third-order valence-electron chi connectivity index (χ3n) is 7.84. The van der Waals surface area contributed by atoms with Gasteiger partial charge in [-0.3, -0.25) is 14.5 Å². The molecule has 2 aliphatic rings. The topological polar surface area (TPSA) is 88.2 Å². The molecular weight excluding hydrogens is 482 g/mol. The van der Waals surface area contributed by atoms with Gasteiger partial charge in [0.2, 0.25) is 5.91 Å². The summed E-state index contributed by atoms with van der Waals surface area (Å²) in [5.41, 5.74) is 4.64. The van der Waals surface area contributed by atoms with E-state index in [2.05, 4.69) is 23.5 Å². The fraction of sp³-hybridized carbons (Fsp3) is 0.500. The molecule has 2 aromatic carbocycles. The molecule has 0 bridgehead atoms. The van der Waals surface area contributed by atoms with Gasteiger partial charge in [0.15, 0.2) is 0 Å². The van der Waals surface area contributed by atoms with Crippen LogP contribution < -0.4 is 5.32 Å². The molecule has 1 N–H and O–H groups in total. The van der Waals surface area contributed by atoms with E-state index in [-0.39, 0.29) is 48.6 Å². The smallest absolute Gasteiger partial charge is 0.327 e. The first kappa shape index (κ1) is 27.8. The van der Waals surface area contributed by atoms with Crippen LogP contribution in [0.3, 0.4) is 0 Å². The summed E-state index contributed by atoms with van der Waals surface area (Å²) in [7, 11) is 3.29. The first-order chi connectivity index (χ1) is 18.3. The molecule has 8 heteroatoms. The van der Waals surface area contributed by atoms with Gasteiger partial charge in [-0.1, -0.05) is 42.8 Å². The predicted molar refractivity (Wildman–Crippen MR) is 145 cm³/mol. The maximum atomic E-state index is 13.9. The monoisotopic (exact) mass is 521 g/mol. The second-order valence-corrected chi connectivity index (χ2v) is 10.4. The van der Waals surface area contributed by atoms with Crippen LogP contribution in [0.15, 0.2) is 42.5 Å². The van der Waals surface area contributed by atoms with Crippen LogP contribution in [0.5, 0.6) is 0 Å². The zero-order valence-corrected chi connectivity index (χ0v) is 23.0. The number of hydrogen-bond acceptors (Lipinski definition) is 5. The number of fused-ring (bicyclic) bond motifs is 1. The van der Waals surface area contributed by atoms with Crippen molar-refractivity contribution >= 4 is 17.8 Å². The number of carbonyl (C=O) groups is 3. The zero-order chi connectivity index (χ0) is 27.4. The number of nitrogens with zero attached hydrogens (tertiary/aromatic N) is 2. The average molecular weight is 522 g/mol. The van der Waals surface area contributed by atoms with Crippen LogP contribution in [0.2, 0.25) is 0 Å². The van der Waals surface area contributed by atoms with Gasteiger partial charge in [0.25, 0.3) is 5.91 Å². The van der Waals surface area contributed by atoms with E-state index in [0.29, 0.717) is 31.5 Å². The number of imide groups is 1. The maximum absolute atomic E-state index is 13.9. The Kier molecular flexibility index (Phi) is 8.84. The molecular formula is C30H39N3O5. The van der Waals surface area contributed by atoms with Gasteiger partial charge in [0, 0.05) is 38.9 Å². The highest BCUT2D eigenvalue weighted by atomic mass is 16.5. The average Bonchev–Trinajstić information content (AvgIpc) is 2.93. The molecule has 1 aliphatic heterocycles. The quantitative estimate of drug-likeness (QED) is 0.534. The Morgan fingerprint density at radius 3 is 2.32 bits per heavy atom. The van der Waals surface area contributed by atoms with E-state index in [9.17, 15) is 14.4 Å². The fourth-order valence-corrected chi connectivity index (χ4v) is 5.58. The number of carbonyl (C=O) groups excluding carboxylic acids is 3. The number of aryl methyl sites for hydroxylation is 2. The van der Waals surface area contributed by atoms with Crippen molar-refractivity contribution in [1.82, 2.24) is 15.1 Å². The molecule has 0 aromatic heterocycles. The van der Waals surface area contributed by atoms with Gasteiger partial charge in [-0.05, 0) is 61.9 Å². The van der Waals surface area contributed by atoms with E-state index in [1.165, 1.54) is 4.90 Å². The summed E-state index contributed by atoms with van der Waals surface area (Å²) >= 11 is 0. The molecule has 8 nitrogen and oxygen atoms in total. The van der Waals surface area contributed by atoms with E-state index >= 15 is 0 Å². The van der Waals surface area contributed by atoms with Crippen molar-refractivity contribution in [2.45, 2.75) is 71.4 Å². The van der Waals surface area contributed by atoms with Gasteiger partial charge in [0.1, 0.15) is 0 Å². The van der Waals surface area contributed by atoms with Crippen molar-refractivity contribution in [3.05, 3.63) is 70.3 Å². The molecule has 2 fully saturated rings. The van der Waals surface area contributed by atoms with Crippen molar-refractivity contribution < 1.29 is 23.9 Å². The summed E-state index contributed by atoms with van der Waals surface area (Å²) in [6.45, 7) is 7.26. The lowest BCUT2D eigenvalue weighted by Gasteiger charge is -2.50. The molecule has 204 valence electrons. The van der Waals surface area contributed by atoms with E-state index < -0.39 is 0 Å². The summed E-state index contributed by atoms with van der Waals surface area (Å²) in [6.07, 6.45) is 1.47. The van der Waals surface area contributed by atoms with Crippen LogP contribution in [0.4, 0.5) is 4.79 Å². The fourth-order valence-electron chi connectivity index (χ4n) is 5.58. The van der Waals surface area contributed by atoms with Gasteiger partial charge in [-0.15, -0.1) is 0 Å². The molecule has 4 rings (SSSR count). The summed E-state index contributed by atoms with van der Waals surface area (Å²) in [5, 5.41) is 2.86. The van der Waals surface area contributed by atoms with Crippen molar-refractivity contribution in [2.24, 2.45) is 5.92 Å². The Balaban J connectivity index is 1.62. The highest BCUT2D eigenvalue weighted by Gasteiger charge is 2.51.